The molecule has 4 rings (SSSR count). The van der Waals surface area contributed by atoms with E-state index in [0.717, 1.165) is 25.7 Å². The van der Waals surface area contributed by atoms with Crippen molar-refractivity contribution in [1.82, 2.24) is 19.8 Å². The van der Waals surface area contributed by atoms with Gasteiger partial charge in [-0.3, -0.25) is 4.98 Å². The molecule has 2 heterocycles. The molecule has 2 aromatic rings. The molecule has 7 nitrogen and oxygen atoms in total. The molecular formula is C15H18N4O3S. The van der Waals surface area contributed by atoms with Gasteiger partial charge in [0, 0.05) is 18.3 Å². The summed E-state index contributed by atoms with van der Waals surface area (Å²) in [5, 5.41) is 4.08. The molecule has 2 saturated carbocycles. The summed E-state index contributed by atoms with van der Waals surface area (Å²) in [5.74, 6) is 1.45. The number of sulfonamides is 1. The van der Waals surface area contributed by atoms with Crippen molar-refractivity contribution in [2.75, 3.05) is 0 Å². The van der Waals surface area contributed by atoms with Crippen LogP contribution in [0, 0.1) is 0 Å². The maximum atomic E-state index is 12.7. The van der Waals surface area contributed by atoms with Gasteiger partial charge in [-0.25, -0.2) is 8.42 Å². The van der Waals surface area contributed by atoms with E-state index >= 15 is 0 Å². The van der Waals surface area contributed by atoms with Crippen LogP contribution in [0.1, 0.15) is 56.2 Å². The second-order valence-electron chi connectivity index (χ2n) is 6.31. The maximum Gasteiger partial charge on any atom is 0.243 e. The quantitative estimate of drug-likeness (QED) is 0.899. The largest absolute Gasteiger partial charge is 0.339 e. The molecule has 2 aliphatic rings. The van der Waals surface area contributed by atoms with E-state index in [1.54, 1.807) is 12.3 Å². The normalized spacial score (nSPS) is 20.7. The third kappa shape index (κ3) is 2.76. The van der Waals surface area contributed by atoms with Gasteiger partial charge in [-0.2, -0.15) is 9.71 Å². The Kier molecular flexibility index (Phi) is 3.46. The molecule has 2 aromatic heterocycles. The first kappa shape index (κ1) is 14.8. The van der Waals surface area contributed by atoms with Gasteiger partial charge in [0.15, 0.2) is 5.82 Å². The van der Waals surface area contributed by atoms with E-state index in [2.05, 4.69) is 19.8 Å². The van der Waals surface area contributed by atoms with Gasteiger partial charge in [0.1, 0.15) is 4.90 Å². The average molecular weight is 334 g/mol. The average Bonchev–Trinajstić information content (AvgIpc) is 3.09. The Morgan fingerprint density at radius 3 is 2.70 bits per heavy atom. The lowest BCUT2D eigenvalue weighted by Gasteiger charge is -2.26. The number of nitrogens with zero attached hydrogens (tertiary/aromatic N) is 3. The van der Waals surface area contributed by atoms with Crippen molar-refractivity contribution < 1.29 is 12.9 Å². The summed E-state index contributed by atoms with van der Waals surface area (Å²) < 4.78 is 33.5. The third-order valence-corrected chi connectivity index (χ3v) is 6.05. The van der Waals surface area contributed by atoms with E-state index < -0.39 is 15.6 Å². The number of nitrogens with one attached hydrogen (secondary N) is 1. The van der Waals surface area contributed by atoms with E-state index in [1.165, 1.54) is 12.3 Å². The minimum Gasteiger partial charge on any atom is -0.339 e. The molecule has 23 heavy (non-hydrogen) atoms. The highest BCUT2D eigenvalue weighted by Gasteiger charge is 2.44. The Morgan fingerprint density at radius 2 is 2.04 bits per heavy atom. The van der Waals surface area contributed by atoms with Crippen molar-refractivity contribution in [2.45, 2.75) is 54.9 Å². The molecule has 2 fully saturated rings. The van der Waals surface area contributed by atoms with Crippen molar-refractivity contribution in [3.05, 3.63) is 36.2 Å². The lowest BCUT2D eigenvalue weighted by atomic mass is 9.98. The van der Waals surface area contributed by atoms with E-state index in [4.69, 9.17) is 4.52 Å². The number of pyridine rings is 1. The van der Waals surface area contributed by atoms with Gasteiger partial charge < -0.3 is 4.52 Å². The highest BCUT2D eigenvalue weighted by molar-refractivity contribution is 7.89. The standard InChI is InChI=1S/C15H18N4O3S/c20-23(21,12-4-3-9-16-10-12)19-15(7-1-2-8-15)14-17-13(22-18-14)11-5-6-11/h3-4,9-11,19H,1-2,5-8H2. The van der Waals surface area contributed by atoms with Gasteiger partial charge >= 0.3 is 0 Å². The zero-order chi connectivity index (χ0) is 15.9. The lowest BCUT2D eigenvalue weighted by Crippen LogP contribution is -2.44. The number of rotatable bonds is 5. The number of aromatic nitrogens is 3. The maximum absolute atomic E-state index is 12.7. The Morgan fingerprint density at radius 1 is 1.26 bits per heavy atom. The second kappa shape index (κ2) is 5.38. The third-order valence-electron chi connectivity index (χ3n) is 4.53. The molecule has 0 saturated heterocycles. The van der Waals surface area contributed by atoms with Crippen molar-refractivity contribution in [1.29, 1.82) is 0 Å². The smallest absolute Gasteiger partial charge is 0.243 e. The summed E-state index contributed by atoms with van der Waals surface area (Å²) in [4.78, 5) is 8.52. The summed E-state index contributed by atoms with van der Waals surface area (Å²) in [6, 6.07) is 3.14. The van der Waals surface area contributed by atoms with Crippen LogP contribution in [0.3, 0.4) is 0 Å². The molecule has 0 aliphatic heterocycles. The Hall–Kier alpha value is -1.80. The monoisotopic (exact) mass is 334 g/mol. The molecule has 0 atom stereocenters. The van der Waals surface area contributed by atoms with Crippen molar-refractivity contribution in [3.8, 4) is 0 Å². The van der Waals surface area contributed by atoms with E-state index in [0.29, 0.717) is 30.5 Å². The summed E-state index contributed by atoms with van der Waals surface area (Å²) in [5.41, 5.74) is -0.773. The van der Waals surface area contributed by atoms with Crippen LogP contribution in [0.4, 0.5) is 0 Å². The van der Waals surface area contributed by atoms with E-state index in [-0.39, 0.29) is 4.90 Å². The van der Waals surface area contributed by atoms with Gasteiger partial charge in [-0.15, -0.1) is 0 Å². The Balaban J connectivity index is 1.67. The Bertz CT molecular complexity index is 793. The molecule has 0 unspecified atom stereocenters. The molecule has 0 radical (unpaired) electrons. The van der Waals surface area contributed by atoms with Crippen LogP contribution in [0.2, 0.25) is 0 Å². The fraction of sp³-hybridized carbons (Fsp3) is 0.533. The Labute approximate surface area is 134 Å². The van der Waals surface area contributed by atoms with Gasteiger partial charge in [0.2, 0.25) is 15.9 Å². The minimum absolute atomic E-state index is 0.150. The first-order valence-corrected chi connectivity index (χ1v) is 9.35. The number of hydrogen-bond acceptors (Lipinski definition) is 6. The molecule has 0 aromatic carbocycles. The first-order chi connectivity index (χ1) is 11.1. The van der Waals surface area contributed by atoms with Gasteiger partial charge in [-0.1, -0.05) is 18.0 Å². The second-order valence-corrected chi connectivity index (χ2v) is 8.00. The fourth-order valence-electron chi connectivity index (χ4n) is 3.10. The van der Waals surface area contributed by atoms with Crippen LogP contribution in [0.5, 0.6) is 0 Å². The molecular weight excluding hydrogens is 316 g/mol. The first-order valence-electron chi connectivity index (χ1n) is 7.87. The summed E-state index contributed by atoms with van der Waals surface area (Å²) >= 11 is 0. The van der Waals surface area contributed by atoms with Crippen molar-refractivity contribution in [3.63, 3.8) is 0 Å². The van der Waals surface area contributed by atoms with Crippen molar-refractivity contribution >= 4 is 10.0 Å². The zero-order valence-corrected chi connectivity index (χ0v) is 13.4. The lowest BCUT2D eigenvalue weighted by molar-refractivity contribution is 0.333. The van der Waals surface area contributed by atoms with Crippen LogP contribution < -0.4 is 4.72 Å². The van der Waals surface area contributed by atoms with Crippen LogP contribution in [-0.2, 0) is 15.6 Å². The topological polar surface area (TPSA) is 98.0 Å². The van der Waals surface area contributed by atoms with Gasteiger partial charge in [-0.05, 0) is 37.8 Å². The van der Waals surface area contributed by atoms with Gasteiger partial charge in [0.05, 0.1) is 5.54 Å². The summed E-state index contributed by atoms with van der Waals surface area (Å²) in [6.07, 6.45) is 8.24. The predicted octanol–water partition coefficient (Wildman–Crippen LogP) is 2.09. The van der Waals surface area contributed by atoms with Crippen molar-refractivity contribution in [2.24, 2.45) is 0 Å². The summed E-state index contributed by atoms with van der Waals surface area (Å²) in [6.45, 7) is 0. The van der Waals surface area contributed by atoms with Gasteiger partial charge in [0.25, 0.3) is 0 Å². The number of hydrogen-bond donors (Lipinski definition) is 1. The molecule has 2 aliphatic carbocycles. The minimum atomic E-state index is -3.68. The van der Waals surface area contributed by atoms with Crippen LogP contribution in [-0.4, -0.2) is 23.5 Å². The summed E-state index contributed by atoms with van der Waals surface area (Å²) in [7, 11) is -3.68. The SMILES string of the molecule is O=S(=O)(NC1(c2noc(C3CC3)n2)CCCC1)c1cccnc1. The molecule has 122 valence electrons. The molecule has 8 heteroatoms. The highest BCUT2D eigenvalue weighted by atomic mass is 32.2. The van der Waals surface area contributed by atoms with E-state index in [9.17, 15) is 8.42 Å². The molecule has 1 N–H and O–H groups in total. The molecule has 0 amide bonds. The van der Waals surface area contributed by atoms with Crippen LogP contribution in [0.25, 0.3) is 0 Å². The van der Waals surface area contributed by atoms with Crippen LogP contribution >= 0.6 is 0 Å². The molecule has 0 spiro atoms. The van der Waals surface area contributed by atoms with E-state index in [1.807, 2.05) is 0 Å². The predicted molar refractivity (Wildman–Crippen MR) is 81.0 cm³/mol. The highest BCUT2D eigenvalue weighted by Crippen LogP contribution is 2.42. The zero-order valence-electron chi connectivity index (χ0n) is 12.6. The van der Waals surface area contributed by atoms with Crippen LogP contribution in [0.15, 0.2) is 33.9 Å². The fourth-order valence-corrected chi connectivity index (χ4v) is 4.48. The molecule has 0 bridgehead atoms.